The van der Waals surface area contributed by atoms with Crippen LogP contribution in [-0.4, -0.2) is 31.1 Å². The van der Waals surface area contributed by atoms with Gasteiger partial charge in [-0.15, -0.1) is 22.7 Å². The summed E-state index contributed by atoms with van der Waals surface area (Å²) in [5.41, 5.74) is 1.13. The first-order chi connectivity index (χ1) is 10.8. The van der Waals surface area contributed by atoms with Crippen molar-refractivity contribution in [1.82, 2.24) is 15.6 Å². The van der Waals surface area contributed by atoms with Gasteiger partial charge in [-0.2, -0.15) is 0 Å². The van der Waals surface area contributed by atoms with Crippen molar-refractivity contribution in [2.45, 2.75) is 32.6 Å². The molecule has 2 aromatic rings. The largest absolute Gasteiger partial charge is 0.356 e. The molecule has 0 spiro atoms. The minimum absolute atomic E-state index is 0.890. The van der Waals surface area contributed by atoms with E-state index in [0.29, 0.717) is 0 Å². The van der Waals surface area contributed by atoms with Crippen LogP contribution in [0.15, 0.2) is 27.9 Å². The number of nitrogens with zero attached hydrogens (tertiary/aromatic N) is 2. The molecule has 2 rings (SSSR count). The van der Waals surface area contributed by atoms with Crippen molar-refractivity contribution in [3.05, 3.63) is 38.5 Å². The molecule has 0 radical (unpaired) electrons. The molecule has 6 heteroatoms. The quantitative estimate of drug-likeness (QED) is 0.442. The Morgan fingerprint density at radius 3 is 2.73 bits per heavy atom. The monoisotopic (exact) mass is 336 g/mol. The molecule has 0 amide bonds. The van der Waals surface area contributed by atoms with Crippen LogP contribution < -0.4 is 10.6 Å². The number of nitrogens with one attached hydrogen (secondary N) is 2. The Balaban J connectivity index is 1.54. The standard InChI is InChI=1S/C16H24N4S2/c1-13-12-22-15(20-13)7-3-4-9-18-16(17-2)19-10-8-14-6-5-11-21-14/h5-6,11-12H,3-4,7-10H2,1-2H3,(H2,17,18,19). The number of guanidine groups is 1. The maximum absolute atomic E-state index is 4.49. The van der Waals surface area contributed by atoms with Gasteiger partial charge in [0.25, 0.3) is 0 Å². The summed E-state index contributed by atoms with van der Waals surface area (Å²) in [5, 5.41) is 12.2. The van der Waals surface area contributed by atoms with E-state index in [-0.39, 0.29) is 0 Å². The van der Waals surface area contributed by atoms with Gasteiger partial charge in [0.15, 0.2) is 5.96 Å². The summed E-state index contributed by atoms with van der Waals surface area (Å²) in [6.45, 7) is 3.91. The Labute approximate surface area is 140 Å². The normalized spacial score (nSPS) is 11.6. The predicted molar refractivity (Wildman–Crippen MR) is 97.2 cm³/mol. The SMILES string of the molecule is CN=C(NCCCCc1nc(C)cs1)NCCc1cccs1. The summed E-state index contributed by atoms with van der Waals surface area (Å²) in [6.07, 6.45) is 4.41. The van der Waals surface area contributed by atoms with Crippen molar-refractivity contribution >= 4 is 28.6 Å². The summed E-state index contributed by atoms with van der Waals surface area (Å²) in [6, 6.07) is 4.26. The van der Waals surface area contributed by atoms with E-state index in [1.165, 1.54) is 9.88 Å². The molecule has 0 aromatic carbocycles. The lowest BCUT2D eigenvalue weighted by Crippen LogP contribution is -2.38. The van der Waals surface area contributed by atoms with Crippen molar-refractivity contribution < 1.29 is 0 Å². The van der Waals surface area contributed by atoms with Crippen LogP contribution in [0.3, 0.4) is 0 Å². The van der Waals surface area contributed by atoms with Gasteiger partial charge < -0.3 is 10.6 Å². The van der Waals surface area contributed by atoms with E-state index >= 15 is 0 Å². The molecule has 22 heavy (non-hydrogen) atoms. The molecule has 2 aromatic heterocycles. The third kappa shape index (κ3) is 6.15. The van der Waals surface area contributed by atoms with Crippen LogP contribution >= 0.6 is 22.7 Å². The second-order valence-corrected chi connectivity index (χ2v) is 7.07. The van der Waals surface area contributed by atoms with Gasteiger partial charge in [-0.3, -0.25) is 4.99 Å². The summed E-state index contributed by atoms with van der Waals surface area (Å²) < 4.78 is 0. The minimum Gasteiger partial charge on any atom is -0.356 e. The number of hydrogen-bond acceptors (Lipinski definition) is 4. The van der Waals surface area contributed by atoms with Gasteiger partial charge >= 0.3 is 0 Å². The van der Waals surface area contributed by atoms with Crippen LogP contribution in [0, 0.1) is 6.92 Å². The highest BCUT2D eigenvalue weighted by Gasteiger charge is 2.00. The molecule has 0 atom stereocenters. The first kappa shape index (κ1) is 17.0. The van der Waals surface area contributed by atoms with Crippen LogP contribution in [0.25, 0.3) is 0 Å². The van der Waals surface area contributed by atoms with E-state index in [0.717, 1.165) is 50.4 Å². The fourth-order valence-corrected chi connectivity index (χ4v) is 3.63. The summed E-state index contributed by atoms with van der Waals surface area (Å²) in [4.78, 5) is 10.1. The molecule has 0 unspecified atom stereocenters. The first-order valence-electron chi connectivity index (χ1n) is 7.66. The van der Waals surface area contributed by atoms with Crippen molar-refractivity contribution in [3.63, 3.8) is 0 Å². The topological polar surface area (TPSA) is 49.3 Å². The van der Waals surface area contributed by atoms with Gasteiger partial charge in [0.2, 0.25) is 0 Å². The van der Waals surface area contributed by atoms with Crippen molar-refractivity contribution in [2.75, 3.05) is 20.1 Å². The van der Waals surface area contributed by atoms with E-state index in [2.05, 4.69) is 43.5 Å². The van der Waals surface area contributed by atoms with Crippen molar-refractivity contribution in [3.8, 4) is 0 Å². The highest BCUT2D eigenvalue weighted by atomic mass is 32.1. The lowest BCUT2D eigenvalue weighted by Gasteiger charge is -2.11. The van der Waals surface area contributed by atoms with Gasteiger partial charge in [-0.1, -0.05) is 6.07 Å². The third-order valence-electron chi connectivity index (χ3n) is 3.24. The zero-order valence-electron chi connectivity index (χ0n) is 13.3. The van der Waals surface area contributed by atoms with E-state index in [9.17, 15) is 0 Å². The molecular weight excluding hydrogens is 312 g/mol. The Kier molecular flexibility index (Phi) is 7.39. The van der Waals surface area contributed by atoms with Crippen LogP contribution in [0.5, 0.6) is 0 Å². The molecule has 0 aliphatic heterocycles. The molecule has 2 heterocycles. The van der Waals surface area contributed by atoms with Gasteiger partial charge in [-0.25, -0.2) is 4.98 Å². The lowest BCUT2D eigenvalue weighted by molar-refractivity contribution is 0.691. The second-order valence-electron chi connectivity index (χ2n) is 5.09. The Hall–Kier alpha value is -1.40. The number of aryl methyl sites for hydroxylation is 2. The summed E-state index contributed by atoms with van der Waals surface area (Å²) in [7, 11) is 1.82. The van der Waals surface area contributed by atoms with Crippen LogP contribution in [-0.2, 0) is 12.8 Å². The lowest BCUT2D eigenvalue weighted by atomic mass is 10.2. The predicted octanol–water partition coefficient (Wildman–Crippen LogP) is 3.24. The number of hydrogen-bond donors (Lipinski definition) is 2. The molecule has 0 saturated heterocycles. The summed E-state index contributed by atoms with van der Waals surface area (Å²) >= 11 is 3.56. The fourth-order valence-electron chi connectivity index (χ4n) is 2.11. The highest BCUT2D eigenvalue weighted by Crippen LogP contribution is 2.11. The molecule has 120 valence electrons. The highest BCUT2D eigenvalue weighted by molar-refractivity contribution is 7.10. The number of unbranched alkanes of at least 4 members (excludes halogenated alkanes) is 1. The zero-order chi connectivity index (χ0) is 15.6. The van der Waals surface area contributed by atoms with E-state index in [1.54, 1.807) is 22.7 Å². The molecule has 0 fully saturated rings. The number of aliphatic imine (C=N–C) groups is 1. The zero-order valence-corrected chi connectivity index (χ0v) is 14.9. The maximum atomic E-state index is 4.49. The third-order valence-corrected chi connectivity index (χ3v) is 5.21. The Morgan fingerprint density at radius 1 is 1.18 bits per heavy atom. The van der Waals surface area contributed by atoms with E-state index in [1.807, 2.05) is 14.0 Å². The summed E-state index contributed by atoms with van der Waals surface area (Å²) in [5.74, 6) is 0.890. The van der Waals surface area contributed by atoms with Gasteiger partial charge in [-0.05, 0) is 44.1 Å². The molecule has 2 N–H and O–H groups in total. The Bertz CT molecular complexity index is 560. The number of thiazole rings is 1. The molecule has 0 bridgehead atoms. The first-order valence-corrected chi connectivity index (χ1v) is 9.42. The van der Waals surface area contributed by atoms with Crippen LogP contribution in [0.4, 0.5) is 0 Å². The average molecular weight is 337 g/mol. The number of rotatable bonds is 8. The van der Waals surface area contributed by atoms with E-state index in [4.69, 9.17) is 0 Å². The van der Waals surface area contributed by atoms with Crippen LogP contribution in [0.2, 0.25) is 0 Å². The van der Waals surface area contributed by atoms with Crippen molar-refractivity contribution in [2.24, 2.45) is 4.99 Å². The van der Waals surface area contributed by atoms with Gasteiger partial charge in [0, 0.05) is 36.1 Å². The minimum atomic E-state index is 0.890. The second kappa shape index (κ2) is 9.58. The van der Waals surface area contributed by atoms with Crippen LogP contribution in [0.1, 0.15) is 28.4 Å². The molecule has 0 aliphatic rings. The smallest absolute Gasteiger partial charge is 0.190 e. The maximum Gasteiger partial charge on any atom is 0.190 e. The van der Waals surface area contributed by atoms with Crippen molar-refractivity contribution in [1.29, 1.82) is 0 Å². The molecule has 0 aliphatic carbocycles. The van der Waals surface area contributed by atoms with Gasteiger partial charge in [0.1, 0.15) is 0 Å². The molecule has 4 nitrogen and oxygen atoms in total. The van der Waals surface area contributed by atoms with E-state index < -0.39 is 0 Å². The molecular formula is C16H24N4S2. The number of thiophene rings is 1. The number of aromatic nitrogens is 1. The fraction of sp³-hybridized carbons (Fsp3) is 0.500. The van der Waals surface area contributed by atoms with Gasteiger partial charge in [0.05, 0.1) is 5.01 Å². The average Bonchev–Trinajstić information content (AvgIpc) is 3.17. The Morgan fingerprint density at radius 2 is 2.05 bits per heavy atom. The molecule has 0 saturated carbocycles.